The number of H-pyrrole nitrogens is 1. The van der Waals surface area contributed by atoms with Gasteiger partial charge in [0.15, 0.2) is 0 Å². The lowest BCUT2D eigenvalue weighted by atomic mass is 9.65. The number of amides is 2. The van der Waals surface area contributed by atoms with E-state index in [2.05, 4.69) is 34.6 Å². The number of fused-ring (bicyclic) bond motifs is 3. The summed E-state index contributed by atoms with van der Waals surface area (Å²) < 4.78 is 0. The molecule has 3 aromatic rings. The highest BCUT2D eigenvalue weighted by Gasteiger charge is 2.41. The van der Waals surface area contributed by atoms with E-state index in [-0.39, 0.29) is 29.6 Å². The molecule has 0 saturated carbocycles. The minimum atomic E-state index is -1.06. The first-order chi connectivity index (χ1) is 16.8. The Morgan fingerprint density at radius 3 is 2.53 bits per heavy atom. The van der Waals surface area contributed by atoms with Gasteiger partial charge in [0.25, 0.3) is 0 Å². The molecule has 2 amide bonds. The number of benzene rings is 2. The Morgan fingerprint density at radius 2 is 1.78 bits per heavy atom. The first kappa shape index (κ1) is 26.2. The van der Waals surface area contributed by atoms with E-state index in [0.29, 0.717) is 19.5 Å². The van der Waals surface area contributed by atoms with E-state index >= 15 is 0 Å². The highest BCUT2D eigenvalue weighted by molar-refractivity contribution is 5.92. The molecule has 1 spiro atoms. The van der Waals surface area contributed by atoms with Crippen LogP contribution in [0, 0.1) is 0 Å². The Labute approximate surface area is 219 Å². The van der Waals surface area contributed by atoms with Gasteiger partial charge in [-0.2, -0.15) is 0 Å². The third kappa shape index (κ3) is 5.02. The van der Waals surface area contributed by atoms with E-state index in [0.717, 1.165) is 35.7 Å². The molecule has 1 aromatic heterocycles. The average Bonchev–Trinajstić information content (AvgIpc) is 3.26. The van der Waals surface area contributed by atoms with Gasteiger partial charge in [-0.05, 0) is 74.1 Å². The van der Waals surface area contributed by atoms with Crippen LogP contribution in [0.3, 0.4) is 0 Å². The maximum atomic E-state index is 13.8. The van der Waals surface area contributed by atoms with Crippen LogP contribution in [-0.4, -0.2) is 46.4 Å². The molecule has 4 N–H and O–H groups in total. The molecule has 0 unspecified atom stereocenters. The van der Waals surface area contributed by atoms with Crippen molar-refractivity contribution in [1.82, 2.24) is 15.2 Å². The number of piperidine rings is 1. The summed E-state index contributed by atoms with van der Waals surface area (Å²) >= 11 is 0. The van der Waals surface area contributed by atoms with Gasteiger partial charge in [-0.1, -0.05) is 42.5 Å². The number of carbonyl (C=O) groups is 2. The Kier molecular flexibility index (Phi) is 7.48. The van der Waals surface area contributed by atoms with E-state index in [1.165, 1.54) is 24.0 Å². The zero-order valence-electron chi connectivity index (χ0n) is 21.2. The van der Waals surface area contributed by atoms with Gasteiger partial charge >= 0.3 is 0 Å². The van der Waals surface area contributed by atoms with Crippen molar-refractivity contribution >= 4 is 35.1 Å². The predicted molar refractivity (Wildman–Crippen MR) is 146 cm³/mol. The number of likely N-dealkylation sites (tertiary alicyclic amines) is 1. The van der Waals surface area contributed by atoms with Crippen LogP contribution < -0.4 is 11.1 Å². The van der Waals surface area contributed by atoms with E-state index < -0.39 is 11.6 Å². The van der Waals surface area contributed by atoms with E-state index in [9.17, 15) is 9.59 Å². The maximum Gasteiger partial charge on any atom is 0.245 e. The molecule has 2 aromatic carbocycles. The fraction of sp³-hybridized carbons (Fsp3) is 0.448. The van der Waals surface area contributed by atoms with Crippen LogP contribution in [0.5, 0.6) is 0 Å². The number of hydrogen-bond acceptors (Lipinski definition) is 3. The van der Waals surface area contributed by atoms with Crippen molar-refractivity contribution < 1.29 is 9.59 Å². The largest absolute Gasteiger partial charge is 0.361 e. The second kappa shape index (κ2) is 10.3. The molecule has 192 valence electrons. The first-order valence-corrected chi connectivity index (χ1v) is 12.8. The summed E-state index contributed by atoms with van der Waals surface area (Å²) in [6.45, 7) is 4.75. The number of carbonyl (C=O) groups excluding carboxylic acids is 2. The topological polar surface area (TPSA) is 91.2 Å². The van der Waals surface area contributed by atoms with Gasteiger partial charge in [-0.25, -0.2) is 0 Å². The lowest BCUT2D eigenvalue weighted by Crippen LogP contribution is -2.58. The van der Waals surface area contributed by atoms with Crippen molar-refractivity contribution in [2.75, 3.05) is 13.1 Å². The van der Waals surface area contributed by atoms with Gasteiger partial charge in [0.1, 0.15) is 6.04 Å². The predicted octanol–water partition coefficient (Wildman–Crippen LogP) is 4.25. The van der Waals surface area contributed by atoms with Crippen LogP contribution in [-0.2, 0) is 27.8 Å². The molecule has 1 aliphatic carbocycles. The van der Waals surface area contributed by atoms with Crippen molar-refractivity contribution in [3.63, 3.8) is 0 Å². The summed E-state index contributed by atoms with van der Waals surface area (Å²) in [5.41, 5.74) is 10.2. The van der Waals surface area contributed by atoms with E-state index in [4.69, 9.17) is 5.73 Å². The molecule has 5 rings (SSSR count). The van der Waals surface area contributed by atoms with Crippen LogP contribution in [0.2, 0.25) is 0 Å². The van der Waals surface area contributed by atoms with Gasteiger partial charge in [-0.15, -0.1) is 12.4 Å². The maximum absolute atomic E-state index is 13.8. The third-order valence-electron chi connectivity index (χ3n) is 8.01. The van der Waals surface area contributed by atoms with Gasteiger partial charge in [-0.3, -0.25) is 9.59 Å². The smallest absolute Gasteiger partial charge is 0.245 e. The van der Waals surface area contributed by atoms with E-state index in [1.54, 1.807) is 13.8 Å². The molecule has 1 saturated heterocycles. The number of aryl methyl sites for hydroxylation is 1. The fourth-order valence-corrected chi connectivity index (χ4v) is 5.97. The summed E-state index contributed by atoms with van der Waals surface area (Å²) in [5.74, 6) is -0.336. The molecule has 1 aliphatic heterocycles. The van der Waals surface area contributed by atoms with Crippen molar-refractivity contribution in [3.05, 3.63) is 71.4 Å². The Morgan fingerprint density at radius 1 is 1.08 bits per heavy atom. The molecular weight excluding hydrogens is 472 g/mol. The molecule has 1 fully saturated rings. The Bertz CT molecular complexity index is 1240. The second-order valence-electron chi connectivity index (χ2n) is 10.9. The zero-order valence-corrected chi connectivity index (χ0v) is 22.0. The molecule has 6 nitrogen and oxygen atoms in total. The molecule has 2 heterocycles. The minimum Gasteiger partial charge on any atom is -0.361 e. The number of nitrogens with two attached hydrogens (primary N) is 1. The summed E-state index contributed by atoms with van der Waals surface area (Å²) in [4.78, 5) is 31.9. The number of hydrogen-bond donors (Lipinski definition) is 3. The number of rotatable bonds is 5. The van der Waals surface area contributed by atoms with Crippen LogP contribution in [0.25, 0.3) is 10.9 Å². The summed E-state index contributed by atoms with van der Waals surface area (Å²) in [6, 6.07) is 16.2. The quantitative estimate of drug-likeness (QED) is 0.481. The van der Waals surface area contributed by atoms with Gasteiger partial charge in [0.2, 0.25) is 11.8 Å². The fourth-order valence-electron chi connectivity index (χ4n) is 5.97. The molecule has 0 radical (unpaired) electrons. The number of para-hydroxylation sites is 1. The molecule has 1 atom stereocenters. The number of nitrogens with zero attached hydrogens (tertiary/aromatic N) is 1. The Balaban J connectivity index is 0.00000304. The van der Waals surface area contributed by atoms with Gasteiger partial charge in [0.05, 0.1) is 5.54 Å². The zero-order chi connectivity index (χ0) is 24.6. The molecule has 2 aliphatic rings. The summed E-state index contributed by atoms with van der Waals surface area (Å²) in [6.07, 6.45) is 7.83. The van der Waals surface area contributed by atoms with Crippen LogP contribution in [0.4, 0.5) is 0 Å². The summed E-state index contributed by atoms with van der Waals surface area (Å²) in [5, 5.41) is 4.05. The minimum absolute atomic E-state index is 0. The third-order valence-corrected chi connectivity index (χ3v) is 8.01. The Hall–Kier alpha value is -2.83. The SMILES string of the molecule is CC(C)(N)C(=O)N[C@H](Cc1c[nH]c2ccccc12)C(=O)N1CCC2(CCCc3ccccc32)CC1.Cl. The van der Waals surface area contributed by atoms with Crippen LogP contribution in [0.15, 0.2) is 54.7 Å². The molecule has 0 bridgehead atoms. The number of nitrogens with one attached hydrogen (secondary N) is 2. The van der Waals surface area contributed by atoms with Gasteiger partial charge in [0, 0.05) is 36.6 Å². The monoisotopic (exact) mass is 508 g/mol. The van der Waals surface area contributed by atoms with Crippen LogP contribution in [0.1, 0.15) is 56.2 Å². The first-order valence-electron chi connectivity index (χ1n) is 12.8. The highest BCUT2D eigenvalue weighted by atomic mass is 35.5. The van der Waals surface area contributed by atoms with Crippen molar-refractivity contribution in [3.8, 4) is 0 Å². The van der Waals surface area contributed by atoms with E-state index in [1.807, 2.05) is 35.4 Å². The molecular formula is C29H37ClN4O2. The lowest BCUT2D eigenvalue weighted by molar-refractivity contribution is -0.138. The average molecular weight is 509 g/mol. The highest BCUT2D eigenvalue weighted by Crippen LogP contribution is 2.44. The molecule has 36 heavy (non-hydrogen) atoms. The second-order valence-corrected chi connectivity index (χ2v) is 10.9. The van der Waals surface area contributed by atoms with Crippen molar-refractivity contribution in [1.29, 1.82) is 0 Å². The lowest BCUT2D eigenvalue weighted by Gasteiger charge is -2.46. The van der Waals surface area contributed by atoms with Crippen molar-refractivity contribution in [2.45, 2.75) is 69.4 Å². The summed E-state index contributed by atoms with van der Waals surface area (Å²) in [7, 11) is 0. The normalized spacial score (nSPS) is 17.8. The van der Waals surface area contributed by atoms with Gasteiger partial charge < -0.3 is 20.9 Å². The molecule has 7 heteroatoms. The number of halogens is 1. The number of aromatic nitrogens is 1. The van der Waals surface area contributed by atoms with Crippen LogP contribution >= 0.6 is 12.4 Å². The number of aromatic amines is 1. The standard InChI is InChI=1S/C29H36N4O2.ClH/c1-28(2,30)27(35)32-25(18-21-19-31-24-12-6-4-10-22(21)24)26(34)33-16-14-29(15-17-33)13-7-9-20-8-3-5-11-23(20)29;/h3-6,8,10-12,19,25,31H,7,9,13-18,30H2,1-2H3,(H,32,35);1H/t25-;/m1./s1. The van der Waals surface area contributed by atoms with Crippen molar-refractivity contribution in [2.24, 2.45) is 5.73 Å².